The highest BCUT2D eigenvalue weighted by atomic mass is 35.5. The lowest BCUT2D eigenvalue weighted by Gasteiger charge is -2.04. The SMILES string of the molecule is O=C(Cc1ccc(F)cc1)Nc1cnc(Cl)cn1. The number of benzene rings is 1. The van der Waals surface area contributed by atoms with Crippen LogP contribution in [0.5, 0.6) is 0 Å². The Kier molecular flexibility index (Phi) is 3.84. The summed E-state index contributed by atoms with van der Waals surface area (Å²) in [4.78, 5) is 19.3. The van der Waals surface area contributed by atoms with Crippen LogP contribution in [0.25, 0.3) is 0 Å². The molecule has 2 rings (SSSR count). The lowest BCUT2D eigenvalue weighted by molar-refractivity contribution is -0.115. The smallest absolute Gasteiger partial charge is 0.229 e. The predicted molar refractivity (Wildman–Crippen MR) is 65.8 cm³/mol. The topological polar surface area (TPSA) is 54.9 Å². The second-order valence-electron chi connectivity index (χ2n) is 3.58. The van der Waals surface area contributed by atoms with Crippen molar-refractivity contribution in [1.29, 1.82) is 0 Å². The lowest BCUT2D eigenvalue weighted by Crippen LogP contribution is -2.15. The molecule has 0 aliphatic heterocycles. The number of halogens is 2. The van der Waals surface area contributed by atoms with Gasteiger partial charge in [-0.25, -0.2) is 14.4 Å². The van der Waals surface area contributed by atoms with Gasteiger partial charge in [0.1, 0.15) is 11.0 Å². The molecular weight excluding hydrogens is 257 g/mol. The van der Waals surface area contributed by atoms with Crippen LogP contribution in [0.1, 0.15) is 5.56 Å². The van der Waals surface area contributed by atoms with E-state index < -0.39 is 0 Å². The molecule has 1 N–H and O–H groups in total. The van der Waals surface area contributed by atoms with Gasteiger partial charge in [-0.05, 0) is 17.7 Å². The van der Waals surface area contributed by atoms with Crippen LogP contribution in [0.15, 0.2) is 36.7 Å². The minimum atomic E-state index is -0.331. The van der Waals surface area contributed by atoms with E-state index in [1.165, 1.54) is 24.5 Å². The van der Waals surface area contributed by atoms with Gasteiger partial charge in [-0.3, -0.25) is 4.79 Å². The molecule has 92 valence electrons. The van der Waals surface area contributed by atoms with Gasteiger partial charge in [-0.2, -0.15) is 0 Å². The molecule has 0 saturated carbocycles. The summed E-state index contributed by atoms with van der Waals surface area (Å²) in [6.07, 6.45) is 2.85. The number of aromatic nitrogens is 2. The quantitative estimate of drug-likeness (QED) is 0.927. The van der Waals surface area contributed by atoms with Crippen molar-refractivity contribution in [3.8, 4) is 0 Å². The first-order valence-corrected chi connectivity index (χ1v) is 5.53. The highest BCUT2D eigenvalue weighted by Crippen LogP contribution is 2.07. The summed E-state index contributed by atoms with van der Waals surface area (Å²) < 4.78 is 12.7. The number of anilines is 1. The molecule has 0 bridgehead atoms. The molecule has 1 amide bonds. The molecule has 0 aliphatic carbocycles. The monoisotopic (exact) mass is 265 g/mol. The molecule has 2 aromatic rings. The van der Waals surface area contributed by atoms with Gasteiger partial charge in [0.25, 0.3) is 0 Å². The molecule has 0 fully saturated rings. The van der Waals surface area contributed by atoms with E-state index in [1.54, 1.807) is 12.1 Å². The van der Waals surface area contributed by atoms with Gasteiger partial charge >= 0.3 is 0 Å². The normalized spacial score (nSPS) is 10.1. The number of carbonyl (C=O) groups excluding carboxylic acids is 1. The Morgan fingerprint density at radius 3 is 2.56 bits per heavy atom. The summed E-state index contributed by atoms with van der Waals surface area (Å²) in [5, 5.41) is 2.82. The Labute approximate surface area is 108 Å². The molecule has 0 saturated heterocycles. The number of hydrogen-bond acceptors (Lipinski definition) is 3. The van der Waals surface area contributed by atoms with E-state index in [4.69, 9.17) is 11.6 Å². The highest BCUT2D eigenvalue weighted by Gasteiger charge is 2.05. The van der Waals surface area contributed by atoms with Crippen LogP contribution < -0.4 is 5.32 Å². The van der Waals surface area contributed by atoms with Crippen LogP contribution in [0.3, 0.4) is 0 Å². The van der Waals surface area contributed by atoms with Crippen molar-refractivity contribution in [3.05, 3.63) is 53.2 Å². The zero-order valence-corrected chi connectivity index (χ0v) is 9.99. The molecule has 1 aromatic carbocycles. The minimum absolute atomic E-state index is 0.143. The van der Waals surface area contributed by atoms with Crippen molar-refractivity contribution in [2.24, 2.45) is 0 Å². The average Bonchev–Trinajstić information content (AvgIpc) is 2.35. The zero-order valence-electron chi connectivity index (χ0n) is 9.23. The standard InChI is InChI=1S/C12H9ClFN3O/c13-10-6-16-11(7-15-10)17-12(18)5-8-1-3-9(14)4-2-8/h1-4,6-7H,5H2,(H,16,17,18). The van der Waals surface area contributed by atoms with Crippen molar-refractivity contribution in [1.82, 2.24) is 9.97 Å². The summed E-state index contributed by atoms with van der Waals surface area (Å²) in [5.74, 6) is -0.257. The van der Waals surface area contributed by atoms with E-state index in [0.717, 1.165) is 5.56 Å². The maximum atomic E-state index is 12.7. The number of rotatable bonds is 3. The second-order valence-corrected chi connectivity index (χ2v) is 3.96. The maximum absolute atomic E-state index is 12.7. The van der Waals surface area contributed by atoms with Crippen LogP contribution in [0.2, 0.25) is 5.15 Å². The van der Waals surface area contributed by atoms with Gasteiger partial charge in [-0.15, -0.1) is 0 Å². The first-order chi connectivity index (χ1) is 8.63. The Balaban J connectivity index is 1.96. The molecule has 6 heteroatoms. The van der Waals surface area contributed by atoms with Gasteiger partial charge in [0.15, 0.2) is 5.82 Å². The summed E-state index contributed by atoms with van der Waals surface area (Å²) in [6, 6.07) is 5.74. The van der Waals surface area contributed by atoms with Crippen LogP contribution >= 0.6 is 11.6 Å². The van der Waals surface area contributed by atoms with E-state index >= 15 is 0 Å². The molecule has 0 spiro atoms. The van der Waals surface area contributed by atoms with E-state index in [9.17, 15) is 9.18 Å². The maximum Gasteiger partial charge on any atom is 0.229 e. The number of carbonyl (C=O) groups is 1. The van der Waals surface area contributed by atoms with Gasteiger partial charge in [0, 0.05) is 0 Å². The minimum Gasteiger partial charge on any atom is -0.309 e. The molecule has 1 heterocycles. The second kappa shape index (κ2) is 5.55. The van der Waals surface area contributed by atoms with Crippen molar-refractivity contribution >= 4 is 23.3 Å². The Bertz CT molecular complexity index is 493. The van der Waals surface area contributed by atoms with Crippen LogP contribution in [-0.4, -0.2) is 15.9 Å². The predicted octanol–water partition coefficient (Wildman–Crippen LogP) is 2.45. The largest absolute Gasteiger partial charge is 0.309 e. The highest BCUT2D eigenvalue weighted by molar-refractivity contribution is 6.29. The van der Waals surface area contributed by atoms with Crippen LogP contribution in [0, 0.1) is 5.82 Å². The first kappa shape index (κ1) is 12.4. The summed E-state index contributed by atoms with van der Waals surface area (Å²) in [5.41, 5.74) is 0.718. The zero-order chi connectivity index (χ0) is 13.0. The van der Waals surface area contributed by atoms with Crippen LogP contribution in [-0.2, 0) is 11.2 Å². The molecular formula is C12H9ClFN3O. The Morgan fingerprint density at radius 2 is 1.94 bits per heavy atom. The van der Waals surface area contributed by atoms with E-state index in [0.29, 0.717) is 5.82 Å². The van der Waals surface area contributed by atoms with Crippen LogP contribution in [0.4, 0.5) is 10.2 Å². The molecule has 0 unspecified atom stereocenters. The van der Waals surface area contributed by atoms with E-state index in [-0.39, 0.29) is 23.3 Å². The lowest BCUT2D eigenvalue weighted by atomic mass is 10.1. The molecule has 0 aliphatic rings. The summed E-state index contributed by atoms with van der Waals surface area (Å²) in [6.45, 7) is 0. The number of nitrogens with zero attached hydrogens (tertiary/aromatic N) is 2. The number of hydrogen-bond donors (Lipinski definition) is 1. The average molecular weight is 266 g/mol. The van der Waals surface area contributed by atoms with E-state index in [2.05, 4.69) is 15.3 Å². The van der Waals surface area contributed by atoms with Gasteiger partial charge in [0.05, 0.1) is 18.8 Å². The molecule has 1 aromatic heterocycles. The van der Waals surface area contributed by atoms with Crippen molar-refractivity contribution < 1.29 is 9.18 Å². The number of nitrogens with one attached hydrogen (secondary N) is 1. The molecule has 0 radical (unpaired) electrons. The van der Waals surface area contributed by atoms with Gasteiger partial charge < -0.3 is 5.32 Å². The Morgan fingerprint density at radius 1 is 1.22 bits per heavy atom. The van der Waals surface area contributed by atoms with Gasteiger partial charge in [0.2, 0.25) is 5.91 Å². The fraction of sp³-hybridized carbons (Fsp3) is 0.0833. The Hall–Kier alpha value is -2.01. The van der Waals surface area contributed by atoms with Crippen molar-refractivity contribution in [2.45, 2.75) is 6.42 Å². The summed E-state index contributed by atoms with van der Waals surface area (Å²) in [7, 11) is 0. The summed E-state index contributed by atoms with van der Waals surface area (Å²) >= 11 is 5.57. The molecule has 18 heavy (non-hydrogen) atoms. The number of amides is 1. The third-order valence-electron chi connectivity index (χ3n) is 2.17. The first-order valence-electron chi connectivity index (χ1n) is 5.15. The third kappa shape index (κ3) is 3.49. The third-order valence-corrected chi connectivity index (χ3v) is 2.36. The van der Waals surface area contributed by atoms with Gasteiger partial charge in [-0.1, -0.05) is 23.7 Å². The fourth-order valence-electron chi connectivity index (χ4n) is 1.35. The van der Waals surface area contributed by atoms with Crippen molar-refractivity contribution in [3.63, 3.8) is 0 Å². The molecule has 0 atom stereocenters. The molecule has 4 nitrogen and oxygen atoms in total. The van der Waals surface area contributed by atoms with Crippen molar-refractivity contribution in [2.75, 3.05) is 5.32 Å². The fourth-order valence-corrected chi connectivity index (χ4v) is 1.45. The van der Waals surface area contributed by atoms with E-state index in [1.807, 2.05) is 0 Å².